The first-order valence-electron chi connectivity index (χ1n) is 7.57. The van der Waals surface area contributed by atoms with E-state index in [0.717, 1.165) is 32.2 Å². The predicted octanol–water partition coefficient (Wildman–Crippen LogP) is 3.11. The highest BCUT2D eigenvalue weighted by molar-refractivity contribution is 5.50. The van der Waals surface area contributed by atoms with Gasteiger partial charge in [0.05, 0.1) is 18.3 Å². The Labute approximate surface area is 110 Å². The summed E-state index contributed by atoms with van der Waals surface area (Å²) in [6, 6.07) is 0. The molecule has 0 aliphatic carbocycles. The molecule has 2 aliphatic heterocycles. The third-order valence-electron chi connectivity index (χ3n) is 4.28. The van der Waals surface area contributed by atoms with E-state index in [4.69, 9.17) is 9.47 Å². The van der Waals surface area contributed by atoms with Gasteiger partial charge in [0.1, 0.15) is 6.29 Å². The summed E-state index contributed by atoms with van der Waals surface area (Å²) in [4.78, 5) is 10.7. The van der Waals surface area contributed by atoms with Gasteiger partial charge in [-0.05, 0) is 19.3 Å². The molecule has 0 radical (unpaired) electrons. The van der Waals surface area contributed by atoms with E-state index in [1.165, 1.54) is 25.7 Å². The lowest BCUT2D eigenvalue weighted by molar-refractivity contribution is -0.110. The van der Waals surface area contributed by atoms with Crippen molar-refractivity contribution in [2.24, 2.45) is 5.92 Å². The van der Waals surface area contributed by atoms with Gasteiger partial charge in [-0.1, -0.05) is 32.6 Å². The summed E-state index contributed by atoms with van der Waals surface area (Å²) in [7, 11) is 0. The van der Waals surface area contributed by atoms with Crippen molar-refractivity contribution in [1.82, 2.24) is 0 Å². The fourth-order valence-electron chi connectivity index (χ4n) is 3.29. The zero-order valence-corrected chi connectivity index (χ0v) is 11.5. The fraction of sp³-hybridized carbons (Fsp3) is 0.933. The summed E-state index contributed by atoms with van der Waals surface area (Å²) >= 11 is 0. The van der Waals surface area contributed by atoms with E-state index in [1.807, 2.05) is 0 Å². The topological polar surface area (TPSA) is 35.5 Å². The number of rotatable bonds is 9. The van der Waals surface area contributed by atoms with Gasteiger partial charge in [0, 0.05) is 18.9 Å². The number of fused-ring (bicyclic) bond motifs is 2. The van der Waals surface area contributed by atoms with Gasteiger partial charge in [-0.25, -0.2) is 0 Å². The molecule has 2 heterocycles. The molecule has 2 aliphatic rings. The van der Waals surface area contributed by atoms with Crippen molar-refractivity contribution in [1.29, 1.82) is 0 Å². The molecule has 0 saturated carbocycles. The summed E-state index contributed by atoms with van der Waals surface area (Å²) in [6.45, 7) is 3.06. The van der Waals surface area contributed by atoms with Crippen molar-refractivity contribution < 1.29 is 14.3 Å². The van der Waals surface area contributed by atoms with Crippen LogP contribution >= 0.6 is 0 Å². The quantitative estimate of drug-likeness (QED) is 0.468. The Hall–Kier alpha value is -0.410. The molecular formula is C15H26O3. The molecule has 2 rings (SSSR count). The summed E-state index contributed by atoms with van der Waals surface area (Å²) in [5.41, 5.74) is 0. The van der Waals surface area contributed by atoms with Gasteiger partial charge in [0.2, 0.25) is 0 Å². The highest BCUT2D eigenvalue weighted by Gasteiger charge is 2.49. The van der Waals surface area contributed by atoms with Gasteiger partial charge in [-0.3, -0.25) is 0 Å². The molecule has 4 atom stereocenters. The summed E-state index contributed by atoms with van der Waals surface area (Å²) in [5, 5.41) is 0. The van der Waals surface area contributed by atoms with E-state index in [9.17, 15) is 4.79 Å². The minimum absolute atomic E-state index is 0.181. The van der Waals surface area contributed by atoms with E-state index >= 15 is 0 Å². The minimum atomic E-state index is 0.181. The van der Waals surface area contributed by atoms with Gasteiger partial charge in [0.15, 0.2) is 0 Å². The first kappa shape index (κ1) is 14.0. The van der Waals surface area contributed by atoms with Gasteiger partial charge in [-0.15, -0.1) is 0 Å². The Kier molecular flexibility index (Phi) is 5.64. The number of carbonyl (C=O) groups is 1. The monoisotopic (exact) mass is 254 g/mol. The van der Waals surface area contributed by atoms with Crippen LogP contribution in [0.25, 0.3) is 0 Å². The molecule has 104 valence electrons. The Morgan fingerprint density at radius 1 is 1.17 bits per heavy atom. The van der Waals surface area contributed by atoms with Crippen LogP contribution in [-0.2, 0) is 14.3 Å². The molecule has 18 heavy (non-hydrogen) atoms. The van der Waals surface area contributed by atoms with Crippen LogP contribution in [-0.4, -0.2) is 31.2 Å². The van der Waals surface area contributed by atoms with Gasteiger partial charge >= 0.3 is 0 Å². The molecular weight excluding hydrogens is 228 g/mol. The van der Waals surface area contributed by atoms with Crippen molar-refractivity contribution in [3.8, 4) is 0 Å². The zero-order valence-electron chi connectivity index (χ0n) is 11.5. The number of hydrogen-bond acceptors (Lipinski definition) is 3. The number of carbonyl (C=O) groups excluding carboxylic acids is 1. The number of hydrogen-bond donors (Lipinski definition) is 0. The SMILES string of the molecule is CCCCCCCO[C@H]1[C@H](CC=O)[C@@H]2CC[C@H]1O2. The molecule has 2 bridgehead atoms. The molecule has 0 aromatic rings. The number of unbranched alkanes of at least 4 members (excludes halogenated alkanes) is 4. The molecule has 2 fully saturated rings. The van der Waals surface area contributed by atoms with Crippen molar-refractivity contribution >= 4 is 6.29 Å². The van der Waals surface area contributed by atoms with Crippen LogP contribution in [0.3, 0.4) is 0 Å². The first-order chi connectivity index (χ1) is 8.86. The molecule has 3 nitrogen and oxygen atoms in total. The van der Waals surface area contributed by atoms with Crippen LogP contribution in [0, 0.1) is 5.92 Å². The summed E-state index contributed by atoms with van der Waals surface area (Å²) in [5.74, 6) is 0.317. The predicted molar refractivity (Wildman–Crippen MR) is 70.6 cm³/mol. The van der Waals surface area contributed by atoms with E-state index in [2.05, 4.69) is 6.92 Å². The average Bonchev–Trinajstić information content (AvgIpc) is 2.96. The highest BCUT2D eigenvalue weighted by atomic mass is 16.6. The fourth-order valence-corrected chi connectivity index (χ4v) is 3.29. The normalized spacial score (nSPS) is 34.1. The molecule has 2 saturated heterocycles. The van der Waals surface area contributed by atoms with E-state index < -0.39 is 0 Å². The van der Waals surface area contributed by atoms with Crippen LogP contribution < -0.4 is 0 Å². The Morgan fingerprint density at radius 2 is 1.94 bits per heavy atom. The maximum Gasteiger partial charge on any atom is 0.120 e. The second kappa shape index (κ2) is 7.25. The standard InChI is InChI=1S/C15H26O3/c1-2-3-4-5-6-11-17-15-12(9-10-16)13-7-8-14(15)18-13/h10,12-15H,2-9,11H2,1H3/t12-,13+,14-,15+/m1/s1. The molecule has 0 N–H and O–H groups in total. The van der Waals surface area contributed by atoms with Crippen LogP contribution in [0.5, 0.6) is 0 Å². The van der Waals surface area contributed by atoms with Crippen molar-refractivity contribution in [3.05, 3.63) is 0 Å². The van der Waals surface area contributed by atoms with E-state index in [1.54, 1.807) is 0 Å². The van der Waals surface area contributed by atoms with Crippen LogP contribution in [0.4, 0.5) is 0 Å². The smallest absolute Gasteiger partial charge is 0.120 e. The Bertz CT molecular complexity index is 254. The number of aldehydes is 1. The van der Waals surface area contributed by atoms with Crippen molar-refractivity contribution in [2.45, 2.75) is 76.6 Å². The molecule has 0 amide bonds. The second-order valence-corrected chi connectivity index (χ2v) is 5.61. The third kappa shape index (κ3) is 3.33. The molecule has 0 aromatic heterocycles. The van der Waals surface area contributed by atoms with E-state index in [0.29, 0.717) is 12.3 Å². The lowest BCUT2D eigenvalue weighted by Crippen LogP contribution is -2.35. The van der Waals surface area contributed by atoms with Crippen molar-refractivity contribution in [2.75, 3.05) is 6.61 Å². The summed E-state index contributed by atoms with van der Waals surface area (Å²) < 4.78 is 11.9. The molecule has 3 heteroatoms. The van der Waals surface area contributed by atoms with Crippen LogP contribution in [0.15, 0.2) is 0 Å². The number of ether oxygens (including phenoxy) is 2. The Balaban J connectivity index is 1.66. The third-order valence-corrected chi connectivity index (χ3v) is 4.28. The highest BCUT2D eigenvalue weighted by Crippen LogP contribution is 2.42. The maximum atomic E-state index is 10.7. The molecule has 0 spiro atoms. The van der Waals surface area contributed by atoms with E-state index in [-0.39, 0.29) is 18.3 Å². The van der Waals surface area contributed by atoms with Gasteiger partial charge < -0.3 is 14.3 Å². The van der Waals surface area contributed by atoms with Gasteiger partial charge in [0.25, 0.3) is 0 Å². The summed E-state index contributed by atoms with van der Waals surface area (Å²) in [6.07, 6.45) is 10.9. The van der Waals surface area contributed by atoms with Crippen LogP contribution in [0.2, 0.25) is 0 Å². The maximum absolute atomic E-state index is 10.7. The minimum Gasteiger partial charge on any atom is -0.375 e. The molecule has 0 unspecified atom stereocenters. The van der Waals surface area contributed by atoms with Crippen LogP contribution in [0.1, 0.15) is 58.3 Å². The zero-order chi connectivity index (χ0) is 12.8. The largest absolute Gasteiger partial charge is 0.375 e. The average molecular weight is 254 g/mol. The second-order valence-electron chi connectivity index (χ2n) is 5.61. The lowest BCUT2D eigenvalue weighted by Gasteiger charge is -2.26. The lowest BCUT2D eigenvalue weighted by atomic mass is 9.84. The molecule has 0 aromatic carbocycles. The van der Waals surface area contributed by atoms with Gasteiger partial charge in [-0.2, -0.15) is 0 Å². The van der Waals surface area contributed by atoms with Crippen molar-refractivity contribution in [3.63, 3.8) is 0 Å². The Morgan fingerprint density at radius 3 is 2.72 bits per heavy atom. The first-order valence-corrected chi connectivity index (χ1v) is 7.57.